The maximum atomic E-state index is 13.1. The van der Waals surface area contributed by atoms with Crippen LogP contribution in [0.3, 0.4) is 0 Å². The lowest BCUT2D eigenvalue weighted by molar-refractivity contribution is -0.132. The van der Waals surface area contributed by atoms with E-state index < -0.39 is 17.7 Å². The van der Waals surface area contributed by atoms with Crippen LogP contribution in [0.15, 0.2) is 66.5 Å². The highest BCUT2D eigenvalue weighted by molar-refractivity contribution is 6.52. The van der Waals surface area contributed by atoms with Crippen molar-refractivity contribution in [1.82, 2.24) is 4.98 Å². The molecule has 31 heavy (non-hydrogen) atoms. The molecule has 156 valence electrons. The summed E-state index contributed by atoms with van der Waals surface area (Å²) >= 11 is 18.2. The van der Waals surface area contributed by atoms with Gasteiger partial charge in [0, 0.05) is 28.7 Å². The van der Waals surface area contributed by atoms with Gasteiger partial charge in [0.15, 0.2) is 0 Å². The minimum Gasteiger partial charge on any atom is -0.507 e. The van der Waals surface area contributed by atoms with Gasteiger partial charge in [0.1, 0.15) is 5.76 Å². The van der Waals surface area contributed by atoms with E-state index in [1.54, 1.807) is 49.6 Å². The molecule has 5 nitrogen and oxygen atoms in total. The number of carbonyl (C=O) groups is 2. The normalized spacial score (nSPS) is 17.9. The van der Waals surface area contributed by atoms with E-state index in [4.69, 9.17) is 34.8 Å². The molecule has 8 heteroatoms. The summed E-state index contributed by atoms with van der Waals surface area (Å²) < 4.78 is 0. The zero-order valence-electron chi connectivity index (χ0n) is 16.1. The zero-order valence-corrected chi connectivity index (χ0v) is 18.4. The van der Waals surface area contributed by atoms with Crippen molar-refractivity contribution in [3.05, 3.63) is 98.3 Å². The van der Waals surface area contributed by atoms with Gasteiger partial charge in [-0.25, -0.2) is 0 Å². The van der Waals surface area contributed by atoms with Gasteiger partial charge in [0.2, 0.25) is 0 Å². The Hall–Kier alpha value is -2.86. The highest BCUT2D eigenvalue weighted by atomic mass is 35.5. The van der Waals surface area contributed by atoms with Crippen molar-refractivity contribution in [2.45, 2.75) is 13.0 Å². The van der Waals surface area contributed by atoms with Crippen LogP contribution in [0.5, 0.6) is 0 Å². The van der Waals surface area contributed by atoms with Crippen LogP contribution in [0.1, 0.15) is 22.7 Å². The summed E-state index contributed by atoms with van der Waals surface area (Å²) in [7, 11) is 0. The van der Waals surface area contributed by atoms with Crippen molar-refractivity contribution in [3.63, 3.8) is 0 Å². The first-order valence-corrected chi connectivity index (χ1v) is 10.4. The number of aliphatic hydroxyl groups is 1. The van der Waals surface area contributed by atoms with Crippen LogP contribution in [0, 0.1) is 6.92 Å². The van der Waals surface area contributed by atoms with E-state index in [0.717, 1.165) is 0 Å². The molecule has 3 aromatic rings. The Balaban J connectivity index is 1.97. The first kappa shape index (κ1) is 21.4. The van der Waals surface area contributed by atoms with Crippen molar-refractivity contribution in [2.75, 3.05) is 4.90 Å². The Kier molecular flexibility index (Phi) is 5.75. The molecule has 1 aliphatic rings. The summed E-state index contributed by atoms with van der Waals surface area (Å²) in [6.45, 7) is 1.79. The number of hydrogen-bond acceptors (Lipinski definition) is 4. The molecular weight excluding hydrogens is 459 g/mol. The molecule has 0 aliphatic carbocycles. The third kappa shape index (κ3) is 3.81. The molecule has 2 heterocycles. The third-order valence-electron chi connectivity index (χ3n) is 5.08. The molecule has 1 unspecified atom stereocenters. The minimum atomic E-state index is -0.864. The topological polar surface area (TPSA) is 70.5 Å². The number of benzene rings is 2. The number of Topliss-reactive ketones (excluding diaryl/α,β-unsaturated/α-hetero) is 1. The average molecular weight is 474 g/mol. The second-order valence-corrected chi connectivity index (χ2v) is 8.26. The SMILES string of the molecule is Cc1cc(Cl)ccc1N1C(=O)C(=O)/C(=C(/O)c2ccc(Cl)c(Cl)c2)C1c1ccncc1. The predicted molar refractivity (Wildman–Crippen MR) is 122 cm³/mol. The van der Waals surface area contributed by atoms with Crippen molar-refractivity contribution in [1.29, 1.82) is 0 Å². The second kappa shape index (κ2) is 8.35. The van der Waals surface area contributed by atoms with Crippen LogP contribution in [0.25, 0.3) is 5.76 Å². The largest absolute Gasteiger partial charge is 0.507 e. The molecule has 4 rings (SSSR count). The monoisotopic (exact) mass is 472 g/mol. The van der Waals surface area contributed by atoms with Crippen LogP contribution < -0.4 is 4.90 Å². The number of rotatable bonds is 3. The lowest BCUT2D eigenvalue weighted by atomic mass is 9.95. The smallest absolute Gasteiger partial charge is 0.300 e. The quantitative estimate of drug-likeness (QED) is 0.289. The van der Waals surface area contributed by atoms with E-state index in [2.05, 4.69) is 4.98 Å². The summed E-state index contributed by atoms with van der Waals surface area (Å²) in [5.74, 6) is -1.90. The Labute approximate surface area is 193 Å². The van der Waals surface area contributed by atoms with Crippen LogP contribution in [0.4, 0.5) is 5.69 Å². The summed E-state index contributed by atoms with van der Waals surface area (Å²) in [5.41, 5.74) is 2.07. The standard InChI is InChI=1S/C23H15Cl3N2O3/c1-12-10-15(24)3-5-18(12)28-20(13-6-8-27-9-7-13)19(22(30)23(28)31)21(29)14-2-4-16(25)17(26)11-14/h2-11,20,29H,1H3/b21-19+. The summed E-state index contributed by atoms with van der Waals surface area (Å²) in [6.07, 6.45) is 3.12. The van der Waals surface area contributed by atoms with Gasteiger partial charge in [0.05, 0.1) is 21.7 Å². The molecule has 0 bridgehead atoms. The lowest BCUT2D eigenvalue weighted by Gasteiger charge is -2.26. The van der Waals surface area contributed by atoms with Crippen LogP contribution in [-0.4, -0.2) is 21.8 Å². The fraction of sp³-hybridized carbons (Fsp3) is 0.0870. The molecule has 1 amide bonds. The molecule has 2 aromatic carbocycles. The highest BCUT2D eigenvalue weighted by Gasteiger charge is 2.47. The maximum Gasteiger partial charge on any atom is 0.300 e. The van der Waals surface area contributed by atoms with Gasteiger partial charge in [-0.1, -0.05) is 34.8 Å². The van der Waals surface area contributed by atoms with Crippen molar-refractivity contribution >= 4 is 57.9 Å². The number of carbonyl (C=O) groups excluding carboxylic acids is 2. The number of pyridine rings is 1. The molecule has 1 N–H and O–H groups in total. The highest BCUT2D eigenvalue weighted by Crippen LogP contribution is 2.43. The van der Waals surface area contributed by atoms with Gasteiger partial charge in [-0.15, -0.1) is 0 Å². The van der Waals surface area contributed by atoms with E-state index in [-0.39, 0.29) is 21.9 Å². The molecular formula is C23H15Cl3N2O3. The molecule has 1 aliphatic heterocycles. The van der Waals surface area contributed by atoms with Gasteiger partial charge in [0.25, 0.3) is 11.7 Å². The number of aromatic nitrogens is 1. The molecule has 1 aromatic heterocycles. The minimum absolute atomic E-state index is 0.0519. The number of nitrogens with zero attached hydrogens (tertiary/aromatic N) is 2. The Morgan fingerprint density at radius 1 is 0.968 bits per heavy atom. The van der Waals surface area contributed by atoms with Gasteiger partial charge in [-0.3, -0.25) is 19.5 Å². The number of aryl methyl sites for hydroxylation is 1. The molecule has 1 atom stereocenters. The van der Waals surface area contributed by atoms with Gasteiger partial charge in [-0.2, -0.15) is 0 Å². The van der Waals surface area contributed by atoms with Gasteiger partial charge < -0.3 is 5.11 Å². The molecule has 0 spiro atoms. The summed E-state index contributed by atoms with van der Waals surface area (Å²) in [5, 5.41) is 12.1. The van der Waals surface area contributed by atoms with E-state index >= 15 is 0 Å². The van der Waals surface area contributed by atoms with E-state index in [9.17, 15) is 14.7 Å². The third-order valence-corrected chi connectivity index (χ3v) is 6.05. The van der Waals surface area contributed by atoms with E-state index in [1.807, 2.05) is 0 Å². The van der Waals surface area contributed by atoms with Crippen molar-refractivity contribution < 1.29 is 14.7 Å². The average Bonchev–Trinajstić information content (AvgIpc) is 3.01. The summed E-state index contributed by atoms with van der Waals surface area (Å²) in [6, 6.07) is 12.0. The lowest BCUT2D eigenvalue weighted by Crippen LogP contribution is -2.30. The number of amides is 1. The summed E-state index contributed by atoms with van der Waals surface area (Å²) in [4.78, 5) is 31.6. The maximum absolute atomic E-state index is 13.1. The number of aliphatic hydroxyl groups excluding tert-OH is 1. The predicted octanol–water partition coefficient (Wildman–Crippen LogP) is 5.98. The fourth-order valence-electron chi connectivity index (χ4n) is 3.63. The van der Waals surface area contributed by atoms with Crippen LogP contribution in [0.2, 0.25) is 15.1 Å². The molecule has 0 saturated carbocycles. The second-order valence-electron chi connectivity index (χ2n) is 7.01. The Morgan fingerprint density at radius 3 is 2.32 bits per heavy atom. The number of halogens is 3. The van der Waals surface area contributed by atoms with Crippen molar-refractivity contribution in [3.8, 4) is 0 Å². The van der Waals surface area contributed by atoms with E-state index in [1.165, 1.54) is 23.1 Å². The molecule has 1 saturated heterocycles. The Morgan fingerprint density at radius 2 is 1.68 bits per heavy atom. The van der Waals surface area contributed by atoms with Crippen molar-refractivity contribution in [2.24, 2.45) is 0 Å². The Bertz CT molecular complexity index is 1240. The number of anilines is 1. The molecule has 0 radical (unpaired) electrons. The zero-order chi connectivity index (χ0) is 22.3. The fourth-order valence-corrected chi connectivity index (χ4v) is 4.15. The van der Waals surface area contributed by atoms with Crippen LogP contribution in [-0.2, 0) is 9.59 Å². The van der Waals surface area contributed by atoms with Crippen LogP contribution >= 0.6 is 34.8 Å². The number of hydrogen-bond donors (Lipinski definition) is 1. The van der Waals surface area contributed by atoms with Gasteiger partial charge >= 0.3 is 0 Å². The molecule has 1 fully saturated rings. The first-order valence-electron chi connectivity index (χ1n) is 9.22. The first-order chi connectivity index (χ1) is 14.8. The number of ketones is 1. The van der Waals surface area contributed by atoms with E-state index in [0.29, 0.717) is 26.9 Å². The van der Waals surface area contributed by atoms with Gasteiger partial charge in [-0.05, 0) is 66.6 Å².